The number of nitrogens with one attached hydrogen (secondary N) is 1. The Kier molecular flexibility index (Phi) is 5.32. The number of aryl methyl sites for hydroxylation is 2. The van der Waals surface area contributed by atoms with E-state index < -0.39 is 0 Å². The fraction of sp³-hybridized carbons (Fsp3) is 0.182. The van der Waals surface area contributed by atoms with Crippen molar-refractivity contribution in [2.75, 3.05) is 6.61 Å². The van der Waals surface area contributed by atoms with Gasteiger partial charge in [0.15, 0.2) is 6.61 Å². The van der Waals surface area contributed by atoms with Gasteiger partial charge in [-0.1, -0.05) is 54.6 Å². The molecule has 0 heterocycles. The van der Waals surface area contributed by atoms with E-state index >= 15 is 0 Å². The Labute approximate surface area is 153 Å². The molecule has 0 aliphatic rings. The first-order valence-corrected chi connectivity index (χ1v) is 8.55. The number of amides is 1. The predicted molar refractivity (Wildman–Crippen MR) is 106 cm³/mol. The Morgan fingerprint density at radius 2 is 1.73 bits per heavy atom. The minimum absolute atomic E-state index is 0.0714. The quantitative estimate of drug-likeness (QED) is 0.553. The van der Waals surface area contributed by atoms with Crippen LogP contribution in [-0.4, -0.2) is 18.7 Å². The lowest BCUT2D eigenvalue weighted by Gasteiger charge is -2.13. The van der Waals surface area contributed by atoms with Gasteiger partial charge in [-0.05, 0) is 48.2 Å². The Balaban J connectivity index is 1.62. The molecule has 3 aromatic rings. The van der Waals surface area contributed by atoms with E-state index in [9.17, 15) is 4.79 Å². The molecule has 0 atom stereocenters. The standard InChI is InChI=1S/C22H22N2O2/c1-15-11-12-16(2)22(17(15)3)26-14-21(25)24-23-13-19-9-6-8-18-7-4-5-10-20(18)19/h4-13H,14H2,1-3H3,(H,24,25)/b23-13+. The van der Waals surface area contributed by atoms with Gasteiger partial charge in [-0.25, -0.2) is 5.43 Å². The minimum atomic E-state index is -0.290. The molecule has 1 amide bonds. The molecule has 4 nitrogen and oxygen atoms in total. The van der Waals surface area contributed by atoms with Crippen LogP contribution < -0.4 is 10.2 Å². The average molecular weight is 346 g/mol. The van der Waals surface area contributed by atoms with E-state index in [0.717, 1.165) is 38.8 Å². The number of fused-ring (bicyclic) bond motifs is 1. The van der Waals surface area contributed by atoms with Gasteiger partial charge >= 0.3 is 0 Å². The van der Waals surface area contributed by atoms with Gasteiger partial charge in [0.2, 0.25) is 0 Å². The summed E-state index contributed by atoms with van der Waals surface area (Å²) in [5, 5.41) is 6.29. The number of rotatable bonds is 5. The van der Waals surface area contributed by atoms with Crippen molar-refractivity contribution in [3.63, 3.8) is 0 Å². The Bertz CT molecular complexity index is 972. The van der Waals surface area contributed by atoms with Gasteiger partial charge in [-0.3, -0.25) is 4.79 Å². The van der Waals surface area contributed by atoms with Crippen LogP contribution >= 0.6 is 0 Å². The molecule has 0 saturated heterocycles. The Hall–Kier alpha value is -3.14. The summed E-state index contributed by atoms with van der Waals surface area (Å²) in [6.45, 7) is 5.92. The fourth-order valence-corrected chi connectivity index (χ4v) is 2.85. The minimum Gasteiger partial charge on any atom is -0.483 e. The van der Waals surface area contributed by atoms with E-state index in [1.54, 1.807) is 6.21 Å². The average Bonchev–Trinajstić information content (AvgIpc) is 2.65. The number of nitrogens with zero attached hydrogens (tertiary/aromatic N) is 1. The van der Waals surface area contributed by atoms with Crippen LogP contribution in [0.2, 0.25) is 0 Å². The van der Waals surface area contributed by atoms with Gasteiger partial charge in [0, 0.05) is 5.56 Å². The zero-order valence-electron chi connectivity index (χ0n) is 15.2. The Morgan fingerprint density at radius 3 is 2.58 bits per heavy atom. The second-order valence-corrected chi connectivity index (χ2v) is 6.30. The summed E-state index contributed by atoms with van der Waals surface area (Å²) in [5.41, 5.74) is 6.68. The molecule has 0 saturated carbocycles. The largest absolute Gasteiger partial charge is 0.483 e. The maximum Gasteiger partial charge on any atom is 0.277 e. The molecule has 132 valence electrons. The fourth-order valence-electron chi connectivity index (χ4n) is 2.85. The smallest absolute Gasteiger partial charge is 0.277 e. The molecule has 4 heteroatoms. The molecule has 0 unspecified atom stereocenters. The molecule has 0 radical (unpaired) electrons. The maximum atomic E-state index is 12.0. The van der Waals surface area contributed by atoms with E-state index in [1.165, 1.54) is 0 Å². The van der Waals surface area contributed by atoms with Crippen molar-refractivity contribution in [2.24, 2.45) is 5.10 Å². The summed E-state index contributed by atoms with van der Waals surface area (Å²) in [6.07, 6.45) is 1.66. The van der Waals surface area contributed by atoms with E-state index in [-0.39, 0.29) is 12.5 Å². The van der Waals surface area contributed by atoms with E-state index in [1.807, 2.05) is 75.4 Å². The highest BCUT2D eigenvalue weighted by Gasteiger charge is 2.08. The highest BCUT2D eigenvalue weighted by atomic mass is 16.5. The van der Waals surface area contributed by atoms with Crippen molar-refractivity contribution in [1.82, 2.24) is 5.43 Å². The van der Waals surface area contributed by atoms with Crippen LogP contribution in [0.15, 0.2) is 59.7 Å². The molecule has 3 rings (SSSR count). The van der Waals surface area contributed by atoms with Crippen molar-refractivity contribution in [2.45, 2.75) is 20.8 Å². The molecule has 1 N–H and O–H groups in total. The molecular weight excluding hydrogens is 324 g/mol. The molecule has 0 fully saturated rings. The molecule has 0 bridgehead atoms. The van der Waals surface area contributed by atoms with Crippen molar-refractivity contribution in [3.8, 4) is 5.75 Å². The van der Waals surface area contributed by atoms with Gasteiger partial charge in [-0.15, -0.1) is 0 Å². The monoisotopic (exact) mass is 346 g/mol. The van der Waals surface area contributed by atoms with Gasteiger partial charge in [0.1, 0.15) is 5.75 Å². The molecule has 0 spiro atoms. The third-order valence-electron chi connectivity index (χ3n) is 4.44. The van der Waals surface area contributed by atoms with Crippen LogP contribution in [0.3, 0.4) is 0 Å². The SMILES string of the molecule is Cc1ccc(C)c(OCC(=O)N/N=C/c2cccc3ccccc23)c1C. The van der Waals surface area contributed by atoms with Gasteiger partial charge < -0.3 is 4.74 Å². The predicted octanol–water partition coefficient (Wildman–Crippen LogP) is 4.29. The molecular formula is C22H22N2O2. The molecule has 3 aromatic carbocycles. The topological polar surface area (TPSA) is 50.7 Å². The van der Waals surface area contributed by atoms with E-state index in [0.29, 0.717) is 0 Å². The van der Waals surface area contributed by atoms with Gasteiger partial charge in [-0.2, -0.15) is 5.10 Å². The lowest BCUT2D eigenvalue weighted by atomic mass is 10.1. The summed E-state index contributed by atoms with van der Waals surface area (Å²) in [6, 6.07) is 18.1. The zero-order chi connectivity index (χ0) is 18.5. The first-order chi connectivity index (χ1) is 12.6. The van der Waals surface area contributed by atoms with Crippen LogP contribution in [0.5, 0.6) is 5.75 Å². The van der Waals surface area contributed by atoms with Crippen molar-refractivity contribution < 1.29 is 9.53 Å². The Morgan fingerprint density at radius 1 is 1.00 bits per heavy atom. The van der Waals surface area contributed by atoms with E-state index in [2.05, 4.69) is 10.5 Å². The number of carbonyl (C=O) groups excluding carboxylic acids is 1. The first kappa shape index (κ1) is 17.7. The number of ether oxygens (including phenoxy) is 1. The van der Waals surface area contributed by atoms with Crippen LogP contribution in [0.1, 0.15) is 22.3 Å². The van der Waals surface area contributed by atoms with Crippen LogP contribution in [0.4, 0.5) is 0 Å². The second kappa shape index (κ2) is 7.83. The van der Waals surface area contributed by atoms with Crippen LogP contribution in [0.25, 0.3) is 10.8 Å². The first-order valence-electron chi connectivity index (χ1n) is 8.55. The lowest BCUT2D eigenvalue weighted by Crippen LogP contribution is -2.25. The second-order valence-electron chi connectivity index (χ2n) is 6.30. The molecule has 0 aromatic heterocycles. The maximum absolute atomic E-state index is 12.0. The highest BCUT2D eigenvalue weighted by Crippen LogP contribution is 2.25. The molecule has 0 aliphatic heterocycles. The molecule has 0 aliphatic carbocycles. The summed E-state index contributed by atoms with van der Waals surface area (Å²) >= 11 is 0. The summed E-state index contributed by atoms with van der Waals surface area (Å²) in [5.74, 6) is 0.472. The van der Waals surface area contributed by atoms with Crippen LogP contribution in [0, 0.1) is 20.8 Å². The number of hydrogen-bond acceptors (Lipinski definition) is 3. The van der Waals surface area contributed by atoms with Gasteiger partial charge in [0.25, 0.3) is 5.91 Å². The number of hydrazone groups is 1. The summed E-state index contributed by atoms with van der Waals surface area (Å²) < 4.78 is 5.70. The van der Waals surface area contributed by atoms with Crippen molar-refractivity contribution in [1.29, 1.82) is 0 Å². The zero-order valence-corrected chi connectivity index (χ0v) is 15.2. The number of benzene rings is 3. The normalized spacial score (nSPS) is 11.0. The highest BCUT2D eigenvalue weighted by molar-refractivity contribution is 5.99. The van der Waals surface area contributed by atoms with E-state index in [4.69, 9.17) is 4.74 Å². The van der Waals surface area contributed by atoms with Gasteiger partial charge in [0.05, 0.1) is 6.21 Å². The number of carbonyl (C=O) groups is 1. The lowest BCUT2D eigenvalue weighted by molar-refractivity contribution is -0.123. The van der Waals surface area contributed by atoms with Crippen molar-refractivity contribution >= 4 is 22.9 Å². The number of hydrogen-bond donors (Lipinski definition) is 1. The molecule has 26 heavy (non-hydrogen) atoms. The third-order valence-corrected chi connectivity index (χ3v) is 4.44. The third kappa shape index (κ3) is 3.91. The van der Waals surface area contributed by atoms with Crippen molar-refractivity contribution in [3.05, 3.63) is 76.9 Å². The summed E-state index contributed by atoms with van der Waals surface area (Å²) in [7, 11) is 0. The summed E-state index contributed by atoms with van der Waals surface area (Å²) in [4.78, 5) is 12.0. The van der Waals surface area contributed by atoms with Crippen LogP contribution in [-0.2, 0) is 4.79 Å².